The molecule has 0 aliphatic rings. The molecule has 1 aromatic rings. The zero-order valence-electron chi connectivity index (χ0n) is 14.3. The van der Waals surface area contributed by atoms with Gasteiger partial charge in [0.15, 0.2) is 0 Å². The molecule has 0 radical (unpaired) electrons. The lowest BCUT2D eigenvalue weighted by atomic mass is 10.1. The van der Waals surface area contributed by atoms with Gasteiger partial charge in [-0.25, -0.2) is 9.00 Å². The molecular weight excluding hydrogens is 342 g/mol. The SMILES string of the molecule is C#CCC[C@H](N)C[S@@](=O)(=NC(=O)O[C@@H](C)c1ccccc1)NC(C)=O. The molecular formula is C17H23N3O4S. The second-order valence-corrected chi connectivity index (χ2v) is 7.50. The molecule has 3 N–H and O–H groups in total. The van der Waals surface area contributed by atoms with Crippen molar-refractivity contribution >= 4 is 21.9 Å². The van der Waals surface area contributed by atoms with Crippen molar-refractivity contribution in [2.45, 2.75) is 38.8 Å². The van der Waals surface area contributed by atoms with Crippen molar-refractivity contribution < 1.29 is 18.5 Å². The maximum absolute atomic E-state index is 12.8. The van der Waals surface area contributed by atoms with E-state index in [1.165, 1.54) is 6.92 Å². The molecule has 8 heteroatoms. The quantitative estimate of drug-likeness (QED) is 0.719. The van der Waals surface area contributed by atoms with Gasteiger partial charge in [0.05, 0.1) is 5.75 Å². The lowest BCUT2D eigenvalue weighted by Crippen LogP contribution is -2.39. The summed E-state index contributed by atoms with van der Waals surface area (Å²) in [6.45, 7) is 2.85. The second kappa shape index (κ2) is 9.81. The number of nitrogens with two attached hydrogens (primary N) is 1. The highest BCUT2D eigenvalue weighted by Crippen LogP contribution is 2.17. The summed E-state index contributed by atoms with van der Waals surface area (Å²) in [6, 6.07) is 8.46. The predicted octanol–water partition coefficient (Wildman–Crippen LogP) is 2.14. The monoisotopic (exact) mass is 365 g/mol. The average molecular weight is 365 g/mol. The molecule has 0 bridgehead atoms. The highest BCUT2D eigenvalue weighted by atomic mass is 32.2. The molecule has 0 spiro atoms. The molecule has 0 heterocycles. The number of terminal acetylenes is 1. The van der Waals surface area contributed by atoms with Crippen LogP contribution in [0.1, 0.15) is 38.4 Å². The van der Waals surface area contributed by atoms with Crippen LogP contribution in [0.15, 0.2) is 34.7 Å². The maximum Gasteiger partial charge on any atom is 0.443 e. The van der Waals surface area contributed by atoms with E-state index in [1.807, 2.05) is 18.2 Å². The van der Waals surface area contributed by atoms with Gasteiger partial charge in [-0.05, 0) is 18.9 Å². The van der Waals surface area contributed by atoms with Crippen LogP contribution in [0, 0.1) is 12.3 Å². The summed E-state index contributed by atoms with van der Waals surface area (Å²) in [4.78, 5) is 23.3. The summed E-state index contributed by atoms with van der Waals surface area (Å²) in [7, 11) is -3.39. The number of hydrogen-bond donors (Lipinski definition) is 2. The summed E-state index contributed by atoms with van der Waals surface area (Å²) >= 11 is 0. The Labute approximate surface area is 148 Å². The van der Waals surface area contributed by atoms with Crippen LogP contribution in [0.2, 0.25) is 0 Å². The second-order valence-electron chi connectivity index (χ2n) is 5.50. The number of nitrogens with one attached hydrogen (secondary N) is 1. The molecule has 1 rings (SSSR count). The molecule has 0 unspecified atom stereocenters. The standard InChI is InChI=1S/C17H23N3O4S/c1-4-5-11-16(18)12-25(23,19-14(3)21)20-17(22)24-13(2)15-9-7-6-8-10-15/h1,6-10,13,16H,5,11-12,18H2,2-3H3,(H,19,20,21,22,23)/t13-,16-,25-/m0/s1. The van der Waals surface area contributed by atoms with Crippen molar-refractivity contribution in [3.8, 4) is 12.3 Å². The van der Waals surface area contributed by atoms with Crippen molar-refractivity contribution in [3.63, 3.8) is 0 Å². The largest absolute Gasteiger partial charge is 0.443 e. The first kappa shape index (κ1) is 20.7. The number of benzene rings is 1. The van der Waals surface area contributed by atoms with Gasteiger partial charge in [-0.15, -0.1) is 16.7 Å². The van der Waals surface area contributed by atoms with Gasteiger partial charge in [0.2, 0.25) is 5.91 Å². The zero-order valence-corrected chi connectivity index (χ0v) is 15.1. The summed E-state index contributed by atoms with van der Waals surface area (Å²) < 4.78 is 23.7. The number of nitrogens with zero attached hydrogens (tertiary/aromatic N) is 1. The fourth-order valence-corrected chi connectivity index (χ4v) is 3.74. The van der Waals surface area contributed by atoms with Crippen LogP contribution < -0.4 is 10.5 Å². The van der Waals surface area contributed by atoms with Gasteiger partial charge in [0.1, 0.15) is 16.0 Å². The predicted molar refractivity (Wildman–Crippen MR) is 96.6 cm³/mol. The fraction of sp³-hybridized carbons (Fsp3) is 0.412. The van der Waals surface area contributed by atoms with Crippen LogP contribution in [-0.4, -0.2) is 28.0 Å². The molecule has 0 fully saturated rings. The molecule has 0 aliphatic heterocycles. The summed E-state index contributed by atoms with van der Waals surface area (Å²) in [5.74, 6) is 1.65. The van der Waals surface area contributed by atoms with Gasteiger partial charge in [-0.2, -0.15) is 0 Å². The smallest absolute Gasteiger partial charge is 0.440 e. The Hall–Kier alpha value is -2.37. The van der Waals surface area contributed by atoms with E-state index in [2.05, 4.69) is 15.0 Å². The fourth-order valence-electron chi connectivity index (χ4n) is 2.05. The Morgan fingerprint density at radius 3 is 2.60 bits per heavy atom. The van der Waals surface area contributed by atoms with E-state index >= 15 is 0 Å². The van der Waals surface area contributed by atoms with Crippen LogP contribution in [0.3, 0.4) is 0 Å². The van der Waals surface area contributed by atoms with E-state index in [4.69, 9.17) is 16.9 Å². The van der Waals surface area contributed by atoms with Crippen molar-refractivity contribution in [3.05, 3.63) is 35.9 Å². The van der Waals surface area contributed by atoms with E-state index in [1.54, 1.807) is 19.1 Å². The van der Waals surface area contributed by atoms with Crippen molar-refractivity contribution in [1.82, 2.24) is 4.72 Å². The molecule has 2 amide bonds. The van der Waals surface area contributed by atoms with Gasteiger partial charge in [0, 0.05) is 19.4 Å². The first-order chi connectivity index (χ1) is 11.8. The summed E-state index contributed by atoms with van der Waals surface area (Å²) in [5, 5.41) is 0. The Morgan fingerprint density at radius 1 is 1.40 bits per heavy atom. The van der Waals surface area contributed by atoms with Crippen LogP contribution in [0.5, 0.6) is 0 Å². The number of carbonyl (C=O) groups is 2. The van der Waals surface area contributed by atoms with Gasteiger partial charge in [-0.3, -0.25) is 9.52 Å². The Kier molecular flexibility index (Phi) is 8.11. The molecule has 7 nitrogen and oxygen atoms in total. The normalized spacial score (nSPS) is 15.1. The average Bonchev–Trinajstić information content (AvgIpc) is 2.52. The molecule has 1 aromatic carbocycles. The third-order valence-corrected chi connectivity index (χ3v) is 5.10. The van der Waals surface area contributed by atoms with Gasteiger partial charge in [-0.1, -0.05) is 30.3 Å². The lowest BCUT2D eigenvalue weighted by Gasteiger charge is -2.16. The lowest BCUT2D eigenvalue weighted by molar-refractivity contribution is -0.117. The molecule has 0 saturated heterocycles. The minimum absolute atomic E-state index is 0.191. The summed E-state index contributed by atoms with van der Waals surface area (Å²) in [5.41, 5.74) is 6.62. The highest BCUT2D eigenvalue weighted by molar-refractivity contribution is 7.92. The molecule has 0 aliphatic carbocycles. The van der Waals surface area contributed by atoms with Crippen molar-refractivity contribution in [1.29, 1.82) is 0 Å². The number of ether oxygens (including phenoxy) is 1. The van der Waals surface area contributed by atoms with Crippen LogP contribution >= 0.6 is 0 Å². The van der Waals surface area contributed by atoms with Gasteiger partial charge in [0.25, 0.3) is 0 Å². The molecule has 0 saturated carbocycles. The van der Waals surface area contributed by atoms with Crippen molar-refractivity contribution in [2.24, 2.45) is 10.1 Å². The zero-order chi connectivity index (χ0) is 18.9. The third kappa shape index (κ3) is 7.83. The highest BCUT2D eigenvalue weighted by Gasteiger charge is 2.20. The minimum Gasteiger partial charge on any atom is -0.440 e. The first-order valence-corrected chi connectivity index (χ1v) is 9.42. The Morgan fingerprint density at radius 2 is 2.04 bits per heavy atom. The van der Waals surface area contributed by atoms with E-state index in [-0.39, 0.29) is 5.75 Å². The van der Waals surface area contributed by atoms with E-state index < -0.39 is 34.1 Å². The molecule has 136 valence electrons. The third-order valence-electron chi connectivity index (χ3n) is 3.17. The van der Waals surface area contributed by atoms with Crippen LogP contribution in [0.4, 0.5) is 4.79 Å². The van der Waals surface area contributed by atoms with Gasteiger partial charge < -0.3 is 10.5 Å². The van der Waals surface area contributed by atoms with Crippen LogP contribution in [0.25, 0.3) is 0 Å². The first-order valence-electron chi connectivity index (χ1n) is 7.73. The van der Waals surface area contributed by atoms with Gasteiger partial charge >= 0.3 is 6.09 Å². The topological polar surface area (TPSA) is 111 Å². The molecule has 0 aromatic heterocycles. The Bertz CT molecular complexity index is 749. The maximum atomic E-state index is 12.8. The number of amides is 2. The minimum atomic E-state index is -3.39. The molecule has 25 heavy (non-hydrogen) atoms. The van der Waals surface area contributed by atoms with E-state index in [9.17, 15) is 13.8 Å². The van der Waals surface area contributed by atoms with Crippen molar-refractivity contribution in [2.75, 3.05) is 5.75 Å². The number of hydrogen-bond acceptors (Lipinski definition) is 5. The summed E-state index contributed by atoms with van der Waals surface area (Å²) in [6.07, 6.45) is 4.36. The van der Waals surface area contributed by atoms with E-state index in [0.29, 0.717) is 12.8 Å². The van der Waals surface area contributed by atoms with Crippen LogP contribution in [-0.2, 0) is 19.4 Å². The number of carbonyl (C=O) groups excluding carboxylic acids is 2. The molecule has 3 atom stereocenters. The Balaban J connectivity index is 2.89. The number of rotatable bonds is 7. The van der Waals surface area contributed by atoms with E-state index in [0.717, 1.165) is 5.56 Å².